The van der Waals surface area contributed by atoms with E-state index in [1.807, 2.05) is 0 Å². The van der Waals surface area contributed by atoms with Crippen molar-refractivity contribution >= 4 is 54.1 Å². The second-order valence-corrected chi connectivity index (χ2v) is 13.3. The zero-order valence-electron chi connectivity index (χ0n) is 18.9. The molecule has 39 heavy (non-hydrogen) atoms. The smallest absolute Gasteiger partial charge is 0.421 e. The molecule has 0 fully saturated rings. The van der Waals surface area contributed by atoms with Crippen molar-refractivity contribution in [1.82, 2.24) is 5.06 Å². The lowest BCUT2D eigenvalue weighted by Gasteiger charge is -2.34. The number of allylic oxidation sites excluding steroid dienone is 4. The SMILES string of the molecule is O=C(OC1=C(S(=O)(=O)O)C=C2CC(S(=O)(=O)O)(S(=O)(=O)O)C=CC2C1)C(=O)ON1C(=O)c2ccccc2C1=O. The second kappa shape index (κ2) is 9.17. The molecule has 0 radical (unpaired) electrons. The number of imide groups is 1. The molecule has 0 saturated heterocycles. The molecule has 1 unspecified atom stereocenters. The van der Waals surface area contributed by atoms with Gasteiger partial charge in [0.25, 0.3) is 42.2 Å². The lowest BCUT2D eigenvalue weighted by Crippen LogP contribution is -2.47. The number of ether oxygens (including phenoxy) is 1. The summed E-state index contributed by atoms with van der Waals surface area (Å²) in [5.74, 6) is -7.97. The molecule has 1 aromatic carbocycles. The van der Waals surface area contributed by atoms with Gasteiger partial charge >= 0.3 is 11.9 Å². The fourth-order valence-electron chi connectivity index (χ4n) is 4.09. The zero-order valence-corrected chi connectivity index (χ0v) is 21.4. The van der Waals surface area contributed by atoms with Crippen LogP contribution in [0.2, 0.25) is 0 Å². The number of carbonyl (C=O) groups is 4. The minimum Gasteiger partial charge on any atom is -0.421 e. The van der Waals surface area contributed by atoms with E-state index in [-0.39, 0.29) is 21.8 Å². The highest BCUT2D eigenvalue weighted by Gasteiger charge is 2.56. The van der Waals surface area contributed by atoms with Crippen LogP contribution in [0.15, 0.2) is 58.7 Å². The average Bonchev–Trinajstić information content (AvgIpc) is 3.06. The Morgan fingerprint density at radius 2 is 1.44 bits per heavy atom. The fourth-order valence-corrected chi connectivity index (χ4v) is 7.07. The predicted octanol–water partition coefficient (Wildman–Crippen LogP) is -0.238. The number of nitrogens with zero attached hydrogens (tertiary/aromatic N) is 1. The van der Waals surface area contributed by atoms with E-state index in [0.29, 0.717) is 12.2 Å². The minimum absolute atomic E-state index is 0.0146. The van der Waals surface area contributed by atoms with Gasteiger partial charge in [-0.05, 0) is 24.3 Å². The quantitative estimate of drug-likeness (QED) is 0.129. The van der Waals surface area contributed by atoms with Gasteiger partial charge in [-0.25, -0.2) is 9.59 Å². The van der Waals surface area contributed by atoms with E-state index >= 15 is 0 Å². The Labute approximate surface area is 219 Å². The minimum atomic E-state index is -5.53. The van der Waals surface area contributed by atoms with Gasteiger partial charge in [0.1, 0.15) is 10.7 Å². The van der Waals surface area contributed by atoms with Crippen molar-refractivity contribution < 1.29 is 67.7 Å². The van der Waals surface area contributed by atoms with Crippen molar-refractivity contribution in [2.24, 2.45) is 5.92 Å². The predicted molar refractivity (Wildman–Crippen MR) is 123 cm³/mol. The van der Waals surface area contributed by atoms with Gasteiger partial charge in [0.15, 0.2) is 0 Å². The van der Waals surface area contributed by atoms with Crippen molar-refractivity contribution in [3.8, 4) is 0 Å². The molecule has 1 atom stereocenters. The molecule has 16 nitrogen and oxygen atoms in total. The van der Waals surface area contributed by atoms with Crippen LogP contribution < -0.4 is 0 Å². The van der Waals surface area contributed by atoms with Crippen molar-refractivity contribution in [2.45, 2.75) is 16.9 Å². The monoisotopic (exact) mass is 605 g/mol. The number of rotatable bonds is 5. The van der Waals surface area contributed by atoms with E-state index in [2.05, 4.69) is 4.84 Å². The summed E-state index contributed by atoms with van der Waals surface area (Å²) in [5, 5.41) is -0.0146. The molecular weight excluding hydrogens is 590 g/mol. The third-order valence-corrected chi connectivity index (χ3v) is 10.4. The molecule has 1 aliphatic heterocycles. The van der Waals surface area contributed by atoms with E-state index in [4.69, 9.17) is 4.74 Å². The van der Waals surface area contributed by atoms with Crippen LogP contribution >= 0.6 is 0 Å². The van der Waals surface area contributed by atoms with Gasteiger partial charge in [-0.1, -0.05) is 28.8 Å². The Balaban J connectivity index is 1.62. The van der Waals surface area contributed by atoms with Crippen molar-refractivity contribution in [3.05, 3.63) is 69.9 Å². The largest absolute Gasteiger partial charge is 0.442 e. The van der Waals surface area contributed by atoms with Gasteiger partial charge in [0.2, 0.25) is 4.08 Å². The summed E-state index contributed by atoms with van der Waals surface area (Å²) in [5.41, 5.74) is -0.589. The van der Waals surface area contributed by atoms with Crippen LogP contribution in [0.1, 0.15) is 33.6 Å². The summed E-state index contributed by atoms with van der Waals surface area (Å²) in [7, 11) is -16.3. The number of hydrogen-bond acceptors (Lipinski definition) is 12. The molecule has 0 bridgehead atoms. The van der Waals surface area contributed by atoms with Gasteiger partial charge < -0.3 is 9.57 Å². The Morgan fingerprint density at radius 1 is 0.897 bits per heavy atom. The third-order valence-electron chi connectivity index (χ3n) is 5.97. The van der Waals surface area contributed by atoms with Gasteiger partial charge in [-0.2, -0.15) is 25.3 Å². The van der Waals surface area contributed by atoms with E-state index < -0.39 is 87.6 Å². The number of hydrogen-bond donors (Lipinski definition) is 3. The molecule has 19 heteroatoms. The zero-order chi connectivity index (χ0) is 29.1. The van der Waals surface area contributed by atoms with Crippen LogP contribution in [-0.4, -0.2) is 71.8 Å². The Kier molecular flexibility index (Phi) is 6.65. The summed E-state index contributed by atoms with van der Waals surface area (Å²) >= 11 is 0. The highest BCUT2D eigenvalue weighted by molar-refractivity contribution is 8.05. The van der Waals surface area contributed by atoms with Crippen molar-refractivity contribution in [1.29, 1.82) is 0 Å². The third kappa shape index (κ3) is 4.79. The number of benzene rings is 1. The Bertz CT molecular complexity index is 1700. The van der Waals surface area contributed by atoms with E-state index in [0.717, 1.165) is 6.08 Å². The van der Waals surface area contributed by atoms with E-state index in [9.17, 15) is 58.1 Å². The molecule has 2 amide bonds. The first-order valence-electron chi connectivity index (χ1n) is 10.3. The molecule has 3 aliphatic rings. The van der Waals surface area contributed by atoms with Crippen LogP contribution in [0.4, 0.5) is 0 Å². The van der Waals surface area contributed by atoms with Crippen LogP contribution in [-0.2, 0) is 49.5 Å². The molecule has 208 valence electrons. The van der Waals surface area contributed by atoms with Gasteiger partial charge in [0.05, 0.1) is 11.1 Å². The molecule has 1 aromatic rings. The first-order chi connectivity index (χ1) is 17.9. The van der Waals surface area contributed by atoms with E-state index in [1.54, 1.807) is 0 Å². The first-order valence-corrected chi connectivity index (χ1v) is 14.7. The lowest BCUT2D eigenvalue weighted by atomic mass is 9.83. The van der Waals surface area contributed by atoms with Gasteiger partial charge in [-0.3, -0.25) is 23.2 Å². The maximum Gasteiger partial charge on any atom is 0.442 e. The molecule has 1 heterocycles. The number of fused-ring (bicyclic) bond motifs is 2. The molecule has 2 aliphatic carbocycles. The topological polar surface area (TPSA) is 253 Å². The van der Waals surface area contributed by atoms with Crippen LogP contribution in [0, 0.1) is 5.92 Å². The molecule has 0 aromatic heterocycles. The van der Waals surface area contributed by atoms with E-state index in [1.165, 1.54) is 24.3 Å². The lowest BCUT2D eigenvalue weighted by molar-refractivity contribution is -0.181. The molecule has 0 saturated carbocycles. The number of carbonyl (C=O) groups excluding carboxylic acids is 4. The standard InChI is InChI=1S/C20H15NO15S3/c22-16-12-3-1-2-4-13(12)17(23)21(16)36-19(25)18(24)35-14-7-10-5-6-20(38(29,30)31,39(32,33)34)9-11(10)8-15(14)37(26,27)28/h1-6,8,10H,7,9H2,(H,26,27,28)(H,29,30,31)(H,32,33,34). The summed E-state index contributed by atoms with van der Waals surface area (Å²) in [6.45, 7) is 0. The molecule has 0 spiro atoms. The van der Waals surface area contributed by atoms with Gasteiger partial charge in [0, 0.05) is 18.8 Å². The summed E-state index contributed by atoms with van der Waals surface area (Å²) < 4.78 is 101. The highest BCUT2D eigenvalue weighted by atomic mass is 32.3. The van der Waals surface area contributed by atoms with Crippen molar-refractivity contribution in [3.63, 3.8) is 0 Å². The number of amides is 2. The summed E-state index contributed by atoms with van der Waals surface area (Å²) in [6.07, 6.45) is -0.0166. The summed E-state index contributed by atoms with van der Waals surface area (Å²) in [6, 6.07) is 5.36. The summed E-state index contributed by atoms with van der Waals surface area (Å²) in [4.78, 5) is 52.6. The second-order valence-electron chi connectivity index (χ2n) is 8.31. The average molecular weight is 606 g/mol. The Morgan fingerprint density at radius 3 is 1.92 bits per heavy atom. The van der Waals surface area contributed by atoms with Crippen LogP contribution in [0.5, 0.6) is 0 Å². The maximum atomic E-state index is 12.4. The molecular formula is C20H15NO15S3. The maximum absolute atomic E-state index is 12.4. The van der Waals surface area contributed by atoms with Crippen molar-refractivity contribution in [2.75, 3.05) is 0 Å². The number of esters is 1. The van der Waals surface area contributed by atoms with Crippen LogP contribution in [0.3, 0.4) is 0 Å². The highest BCUT2D eigenvalue weighted by Crippen LogP contribution is 2.45. The molecule has 3 N–H and O–H groups in total. The Hall–Kier alpha value is -3.75. The molecule has 4 rings (SSSR count). The van der Waals surface area contributed by atoms with Gasteiger partial charge in [-0.15, -0.1) is 0 Å². The fraction of sp³-hybridized carbons (Fsp3) is 0.200. The first kappa shape index (κ1) is 28.3. The normalized spacial score (nSPS) is 20.7. The van der Waals surface area contributed by atoms with Crippen LogP contribution in [0.25, 0.3) is 0 Å². The number of hydroxylamine groups is 2.